The molecule has 1 heterocycles. The lowest BCUT2D eigenvalue weighted by molar-refractivity contribution is 0.0941. The summed E-state index contributed by atoms with van der Waals surface area (Å²) in [5.74, 6) is -0.432. The Kier molecular flexibility index (Phi) is 3.92. The molecule has 0 radical (unpaired) electrons. The largest absolute Gasteiger partial charge is 0.322 e. The Morgan fingerprint density at radius 2 is 1.87 bits per heavy atom. The second-order valence-corrected chi connectivity index (χ2v) is 5.80. The SMILES string of the molecule is CC(=O)n1cc(C(=O)Nc2ccccc2C)c2cc(Cl)ccc21. The highest BCUT2D eigenvalue weighted by atomic mass is 35.5. The summed E-state index contributed by atoms with van der Waals surface area (Å²) in [6.07, 6.45) is 1.55. The summed E-state index contributed by atoms with van der Waals surface area (Å²) in [5, 5.41) is 4.05. The van der Waals surface area contributed by atoms with Crippen molar-refractivity contribution >= 4 is 40.0 Å². The van der Waals surface area contributed by atoms with E-state index in [1.165, 1.54) is 11.5 Å². The van der Waals surface area contributed by atoms with E-state index in [1.807, 2.05) is 31.2 Å². The molecule has 0 aliphatic rings. The van der Waals surface area contributed by atoms with E-state index < -0.39 is 0 Å². The average Bonchev–Trinajstić information content (AvgIpc) is 2.88. The minimum absolute atomic E-state index is 0.160. The van der Waals surface area contributed by atoms with Crippen LogP contribution in [0.5, 0.6) is 0 Å². The molecule has 116 valence electrons. The number of para-hydroxylation sites is 1. The standard InChI is InChI=1S/C18H15ClN2O2/c1-11-5-3-4-6-16(11)20-18(23)15-10-21(12(2)22)17-8-7-13(19)9-14(15)17/h3-10H,1-2H3,(H,20,23). The van der Waals surface area contributed by atoms with Crippen LogP contribution >= 0.6 is 11.6 Å². The van der Waals surface area contributed by atoms with Crippen molar-refractivity contribution in [1.29, 1.82) is 0 Å². The first kappa shape index (κ1) is 15.3. The number of aromatic nitrogens is 1. The average molecular weight is 327 g/mol. The summed E-state index contributed by atoms with van der Waals surface area (Å²) in [6, 6.07) is 12.7. The molecule has 1 aromatic heterocycles. The Balaban J connectivity index is 2.08. The van der Waals surface area contributed by atoms with E-state index in [4.69, 9.17) is 11.6 Å². The lowest BCUT2D eigenvalue weighted by atomic mass is 10.1. The Morgan fingerprint density at radius 1 is 1.13 bits per heavy atom. The van der Waals surface area contributed by atoms with Gasteiger partial charge >= 0.3 is 0 Å². The summed E-state index contributed by atoms with van der Waals surface area (Å²) >= 11 is 6.04. The number of benzene rings is 2. The summed E-state index contributed by atoms with van der Waals surface area (Å²) in [6.45, 7) is 3.38. The van der Waals surface area contributed by atoms with Gasteiger partial charge in [-0.3, -0.25) is 14.2 Å². The fourth-order valence-corrected chi connectivity index (χ4v) is 2.72. The van der Waals surface area contributed by atoms with Crippen LogP contribution in [0.3, 0.4) is 0 Å². The molecule has 3 aromatic rings. The van der Waals surface area contributed by atoms with E-state index in [2.05, 4.69) is 5.32 Å². The van der Waals surface area contributed by atoms with Crippen molar-refractivity contribution in [3.63, 3.8) is 0 Å². The van der Waals surface area contributed by atoms with Gasteiger partial charge < -0.3 is 5.32 Å². The van der Waals surface area contributed by atoms with Crippen molar-refractivity contribution in [2.75, 3.05) is 5.32 Å². The normalized spacial score (nSPS) is 10.7. The van der Waals surface area contributed by atoms with Crippen molar-refractivity contribution in [1.82, 2.24) is 4.57 Å². The number of amides is 1. The number of nitrogens with zero attached hydrogens (tertiary/aromatic N) is 1. The highest BCUT2D eigenvalue weighted by molar-refractivity contribution is 6.31. The van der Waals surface area contributed by atoms with Crippen LogP contribution in [0, 0.1) is 6.92 Å². The predicted molar refractivity (Wildman–Crippen MR) is 92.4 cm³/mol. The maximum atomic E-state index is 12.6. The lowest BCUT2D eigenvalue weighted by Crippen LogP contribution is -2.12. The van der Waals surface area contributed by atoms with Crippen molar-refractivity contribution in [3.8, 4) is 0 Å². The smallest absolute Gasteiger partial charge is 0.257 e. The van der Waals surface area contributed by atoms with Gasteiger partial charge in [0.2, 0.25) is 5.91 Å². The quantitative estimate of drug-likeness (QED) is 0.753. The van der Waals surface area contributed by atoms with Gasteiger partial charge in [0.15, 0.2) is 0 Å². The first-order chi connectivity index (χ1) is 11.0. The molecule has 3 rings (SSSR count). The van der Waals surface area contributed by atoms with Crippen molar-refractivity contribution in [3.05, 3.63) is 64.8 Å². The van der Waals surface area contributed by atoms with E-state index in [-0.39, 0.29) is 11.8 Å². The second kappa shape index (κ2) is 5.89. The number of anilines is 1. The topological polar surface area (TPSA) is 51.1 Å². The number of hydrogen-bond acceptors (Lipinski definition) is 2. The van der Waals surface area contributed by atoms with E-state index >= 15 is 0 Å². The molecule has 1 amide bonds. The van der Waals surface area contributed by atoms with Gasteiger partial charge in [0.1, 0.15) is 0 Å². The summed E-state index contributed by atoms with van der Waals surface area (Å²) < 4.78 is 1.46. The maximum Gasteiger partial charge on any atom is 0.257 e. The molecule has 0 spiro atoms. The Labute approximate surface area is 138 Å². The summed E-state index contributed by atoms with van der Waals surface area (Å²) in [4.78, 5) is 24.4. The molecule has 5 heteroatoms. The Bertz CT molecular complexity index is 928. The van der Waals surface area contributed by atoms with Gasteiger partial charge in [-0.1, -0.05) is 29.8 Å². The highest BCUT2D eigenvalue weighted by Crippen LogP contribution is 2.26. The van der Waals surface area contributed by atoms with Crippen LogP contribution in [0.1, 0.15) is 27.6 Å². The molecule has 2 aromatic carbocycles. The van der Waals surface area contributed by atoms with Gasteiger partial charge in [-0.2, -0.15) is 0 Å². The van der Waals surface area contributed by atoms with Gasteiger partial charge in [0, 0.05) is 29.2 Å². The zero-order valence-corrected chi connectivity index (χ0v) is 13.5. The third-order valence-electron chi connectivity index (χ3n) is 3.74. The van der Waals surface area contributed by atoms with Gasteiger partial charge in [0.05, 0.1) is 11.1 Å². The number of halogens is 1. The van der Waals surface area contributed by atoms with Gasteiger partial charge in [-0.25, -0.2) is 0 Å². The third-order valence-corrected chi connectivity index (χ3v) is 3.98. The van der Waals surface area contributed by atoms with Crippen LogP contribution in [0.15, 0.2) is 48.7 Å². The van der Waals surface area contributed by atoms with Crippen molar-refractivity contribution in [2.45, 2.75) is 13.8 Å². The lowest BCUT2D eigenvalue weighted by Gasteiger charge is -2.07. The van der Waals surface area contributed by atoms with Crippen LogP contribution in [0.2, 0.25) is 5.02 Å². The van der Waals surface area contributed by atoms with Gasteiger partial charge in [-0.05, 0) is 36.8 Å². The number of fused-ring (bicyclic) bond motifs is 1. The molecule has 23 heavy (non-hydrogen) atoms. The molecule has 0 aliphatic carbocycles. The van der Waals surface area contributed by atoms with Crippen LogP contribution in [0.4, 0.5) is 5.69 Å². The molecule has 0 atom stereocenters. The Hall–Kier alpha value is -2.59. The summed E-state index contributed by atoms with van der Waals surface area (Å²) in [5.41, 5.74) is 2.79. The van der Waals surface area contributed by atoms with Crippen LogP contribution < -0.4 is 5.32 Å². The van der Waals surface area contributed by atoms with E-state index in [9.17, 15) is 9.59 Å². The summed E-state index contributed by atoms with van der Waals surface area (Å²) in [7, 11) is 0. The number of aryl methyl sites for hydroxylation is 1. The van der Waals surface area contributed by atoms with Crippen LogP contribution in [-0.2, 0) is 0 Å². The number of carbonyl (C=O) groups is 2. The molecule has 0 aliphatic heterocycles. The van der Waals surface area contributed by atoms with Crippen LogP contribution in [0.25, 0.3) is 10.9 Å². The molecule has 0 saturated heterocycles. The van der Waals surface area contributed by atoms with E-state index in [1.54, 1.807) is 24.4 Å². The van der Waals surface area contributed by atoms with Crippen LogP contribution in [-0.4, -0.2) is 16.4 Å². The van der Waals surface area contributed by atoms with E-state index in [0.717, 1.165) is 11.3 Å². The fourth-order valence-electron chi connectivity index (χ4n) is 2.55. The molecule has 4 nitrogen and oxygen atoms in total. The number of nitrogens with one attached hydrogen (secondary N) is 1. The Morgan fingerprint density at radius 3 is 2.57 bits per heavy atom. The number of carbonyl (C=O) groups excluding carboxylic acids is 2. The molecular weight excluding hydrogens is 312 g/mol. The molecule has 0 unspecified atom stereocenters. The molecule has 0 saturated carbocycles. The van der Waals surface area contributed by atoms with Crippen molar-refractivity contribution < 1.29 is 9.59 Å². The second-order valence-electron chi connectivity index (χ2n) is 5.36. The third kappa shape index (κ3) is 2.85. The molecule has 0 fully saturated rings. The minimum atomic E-state index is -0.272. The molecule has 1 N–H and O–H groups in total. The molecule has 0 bridgehead atoms. The van der Waals surface area contributed by atoms with Gasteiger partial charge in [-0.15, -0.1) is 0 Å². The predicted octanol–water partition coefficient (Wildman–Crippen LogP) is 4.52. The minimum Gasteiger partial charge on any atom is -0.322 e. The fraction of sp³-hybridized carbons (Fsp3) is 0.111. The zero-order chi connectivity index (χ0) is 16.6. The number of hydrogen-bond donors (Lipinski definition) is 1. The first-order valence-corrected chi connectivity index (χ1v) is 7.53. The number of rotatable bonds is 2. The highest BCUT2D eigenvalue weighted by Gasteiger charge is 2.17. The monoisotopic (exact) mass is 326 g/mol. The maximum absolute atomic E-state index is 12.6. The van der Waals surface area contributed by atoms with E-state index in [0.29, 0.717) is 21.5 Å². The van der Waals surface area contributed by atoms with Gasteiger partial charge in [0.25, 0.3) is 5.91 Å². The zero-order valence-electron chi connectivity index (χ0n) is 12.8. The molecular formula is C18H15ClN2O2. The first-order valence-electron chi connectivity index (χ1n) is 7.16. The van der Waals surface area contributed by atoms with Crippen molar-refractivity contribution in [2.24, 2.45) is 0 Å².